The van der Waals surface area contributed by atoms with E-state index in [4.69, 9.17) is 5.73 Å². The number of hydrogen-bond donors (Lipinski definition) is 1. The van der Waals surface area contributed by atoms with Crippen LogP contribution in [0.3, 0.4) is 0 Å². The summed E-state index contributed by atoms with van der Waals surface area (Å²) >= 11 is 0. The van der Waals surface area contributed by atoms with Crippen LogP contribution in [0.1, 0.15) is 36.5 Å². The van der Waals surface area contributed by atoms with Crippen LogP contribution in [0.4, 0.5) is 4.39 Å². The average Bonchev–Trinajstić information content (AvgIpc) is 2.47. The number of amides is 1. The van der Waals surface area contributed by atoms with Gasteiger partial charge in [-0.15, -0.1) is 12.4 Å². The second kappa shape index (κ2) is 8.25. The molecular weight excluding hydrogens is 307 g/mol. The summed E-state index contributed by atoms with van der Waals surface area (Å²) in [4.78, 5) is 26.1. The van der Waals surface area contributed by atoms with E-state index in [0.29, 0.717) is 18.7 Å². The maximum absolute atomic E-state index is 13.1. The molecule has 1 unspecified atom stereocenters. The van der Waals surface area contributed by atoms with Crippen molar-refractivity contribution in [3.63, 3.8) is 0 Å². The zero-order valence-corrected chi connectivity index (χ0v) is 13.4. The monoisotopic (exact) mass is 328 g/mol. The SMILES string of the molecule is CC(CC(=O)N1CCC(N)CC1)C(=O)c1cccc(F)c1.Cl. The molecule has 0 aliphatic carbocycles. The third-order valence-electron chi connectivity index (χ3n) is 3.93. The van der Waals surface area contributed by atoms with Crippen molar-refractivity contribution in [2.45, 2.75) is 32.2 Å². The number of nitrogens with zero attached hydrogens (tertiary/aromatic N) is 1. The molecule has 1 aliphatic rings. The Morgan fingerprint density at radius 1 is 1.36 bits per heavy atom. The maximum Gasteiger partial charge on any atom is 0.223 e. The Kier molecular flexibility index (Phi) is 6.97. The summed E-state index contributed by atoms with van der Waals surface area (Å²) in [5, 5.41) is 0. The molecule has 0 bridgehead atoms. The van der Waals surface area contributed by atoms with Gasteiger partial charge in [0.25, 0.3) is 0 Å². The molecule has 1 atom stereocenters. The van der Waals surface area contributed by atoms with E-state index in [0.717, 1.165) is 12.8 Å². The predicted octanol–water partition coefficient (Wildman–Crippen LogP) is 2.41. The molecule has 1 amide bonds. The smallest absolute Gasteiger partial charge is 0.223 e. The lowest BCUT2D eigenvalue weighted by Crippen LogP contribution is -2.43. The van der Waals surface area contributed by atoms with Crippen molar-refractivity contribution in [2.24, 2.45) is 11.7 Å². The first kappa shape index (κ1) is 18.6. The van der Waals surface area contributed by atoms with Crippen LogP contribution < -0.4 is 5.73 Å². The van der Waals surface area contributed by atoms with Gasteiger partial charge in [-0.1, -0.05) is 19.1 Å². The van der Waals surface area contributed by atoms with Crippen LogP contribution in [0.25, 0.3) is 0 Å². The number of carbonyl (C=O) groups excluding carboxylic acids is 2. The van der Waals surface area contributed by atoms with Crippen LogP contribution >= 0.6 is 12.4 Å². The van der Waals surface area contributed by atoms with E-state index >= 15 is 0 Å². The van der Waals surface area contributed by atoms with Crippen molar-refractivity contribution in [3.8, 4) is 0 Å². The summed E-state index contributed by atoms with van der Waals surface area (Å²) in [5.74, 6) is -1.12. The molecule has 22 heavy (non-hydrogen) atoms. The molecule has 0 saturated carbocycles. The molecule has 4 nitrogen and oxygen atoms in total. The molecule has 122 valence electrons. The Hall–Kier alpha value is -1.46. The molecule has 2 rings (SSSR count). The molecule has 1 heterocycles. The van der Waals surface area contributed by atoms with Crippen molar-refractivity contribution in [2.75, 3.05) is 13.1 Å². The number of piperidine rings is 1. The van der Waals surface area contributed by atoms with Crippen LogP contribution in [0, 0.1) is 11.7 Å². The molecule has 0 radical (unpaired) electrons. The lowest BCUT2D eigenvalue weighted by molar-refractivity contribution is -0.132. The van der Waals surface area contributed by atoms with E-state index in [1.54, 1.807) is 17.9 Å². The van der Waals surface area contributed by atoms with Crippen molar-refractivity contribution in [1.29, 1.82) is 0 Å². The van der Waals surface area contributed by atoms with Crippen LogP contribution in [-0.2, 0) is 4.79 Å². The van der Waals surface area contributed by atoms with Gasteiger partial charge in [0.2, 0.25) is 5.91 Å². The highest BCUT2D eigenvalue weighted by Gasteiger charge is 2.25. The highest BCUT2D eigenvalue weighted by molar-refractivity contribution is 5.99. The normalized spacial score (nSPS) is 16.8. The fourth-order valence-electron chi connectivity index (χ4n) is 2.56. The zero-order valence-electron chi connectivity index (χ0n) is 12.6. The van der Waals surface area contributed by atoms with Gasteiger partial charge in [-0.2, -0.15) is 0 Å². The number of nitrogens with two attached hydrogens (primary N) is 1. The average molecular weight is 329 g/mol. The molecule has 1 fully saturated rings. The number of rotatable bonds is 4. The summed E-state index contributed by atoms with van der Waals surface area (Å²) < 4.78 is 13.1. The fourth-order valence-corrected chi connectivity index (χ4v) is 2.56. The summed E-state index contributed by atoms with van der Waals surface area (Å²) in [6.07, 6.45) is 1.76. The Bertz CT molecular complexity index is 531. The zero-order chi connectivity index (χ0) is 15.4. The van der Waals surface area contributed by atoms with Crippen LogP contribution in [-0.4, -0.2) is 35.7 Å². The van der Waals surface area contributed by atoms with Gasteiger partial charge < -0.3 is 10.6 Å². The van der Waals surface area contributed by atoms with Gasteiger partial charge >= 0.3 is 0 Å². The molecule has 1 aromatic carbocycles. The van der Waals surface area contributed by atoms with Gasteiger partial charge in [0.1, 0.15) is 5.82 Å². The highest BCUT2D eigenvalue weighted by atomic mass is 35.5. The summed E-state index contributed by atoms with van der Waals surface area (Å²) in [6.45, 7) is 3.02. The highest BCUT2D eigenvalue weighted by Crippen LogP contribution is 2.16. The number of halogens is 2. The maximum atomic E-state index is 13.1. The molecular formula is C16H22ClFN2O2. The second-order valence-corrected chi connectivity index (χ2v) is 5.70. The van der Waals surface area contributed by atoms with Gasteiger partial charge in [0, 0.05) is 37.0 Å². The minimum atomic E-state index is -0.449. The first-order valence-electron chi connectivity index (χ1n) is 7.30. The summed E-state index contributed by atoms with van der Waals surface area (Å²) in [6, 6.07) is 5.75. The Morgan fingerprint density at radius 2 is 2.00 bits per heavy atom. The Balaban J connectivity index is 0.00000242. The molecule has 6 heteroatoms. The number of likely N-dealkylation sites (tertiary alicyclic amines) is 1. The second-order valence-electron chi connectivity index (χ2n) is 5.70. The van der Waals surface area contributed by atoms with Gasteiger partial charge in [0.15, 0.2) is 5.78 Å². The van der Waals surface area contributed by atoms with Crippen molar-refractivity contribution in [3.05, 3.63) is 35.6 Å². The molecule has 0 spiro atoms. The topological polar surface area (TPSA) is 63.4 Å². The fraction of sp³-hybridized carbons (Fsp3) is 0.500. The van der Waals surface area contributed by atoms with E-state index in [1.807, 2.05) is 0 Å². The van der Waals surface area contributed by atoms with Crippen LogP contribution in [0.5, 0.6) is 0 Å². The molecule has 1 aromatic rings. The molecule has 2 N–H and O–H groups in total. The van der Waals surface area contributed by atoms with Crippen LogP contribution in [0.15, 0.2) is 24.3 Å². The number of ketones is 1. The predicted molar refractivity (Wildman–Crippen MR) is 85.5 cm³/mol. The number of hydrogen-bond acceptors (Lipinski definition) is 3. The minimum Gasteiger partial charge on any atom is -0.343 e. The lowest BCUT2D eigenvalue weighted by Gasteiger charge is -2.30. The third-order valence-corrected chi connectivity index (χ3v) is 3.93. The van der Waals surface area contributed by atoms with Gasteiger partial charge in [-0.25, -0.2) is 4.39 Å². The standard InChI is InChI=1S/C16H21FN2O2.ClH/c1-11(16(21)12-3-2-4-13(17)10-12)9-15(20)19-7-5-14(18)6-8-19;/h2-4,10-11,14H,5-9,18H2,1H3;1H. The number of carbonyl (C=O) groups is 2. The minimum absolute atomic E-state index is 0. The molecule has 0 aromatic heterocycles. The lowest BCUT2D eigenvalue weighted by atomic mass is 9.95. The number of Topliss-reactive ketones (excluding diaryl/α,β-unsaturated/α-hetero) is 1. The summed E-state index contributed by atoms with van der Waals surface area (Å²) in [7, 11) is 0. The first-order valence-corrected chi connectivity index (χ1v) is 7.30. The molecule has 1 aliphatic heterocycles. The van der Waals surface area contributed by atoms with Gasteiger partial charge in [-0.3, -0.25) is 9.59 Å². The van der Waals surface area contributed by atoms with Gasteiger partial charge in [0.05, 0.1) is 0 Å². The van der Waals surface area contributed by atoms with Gasteiger partial charge in [-0.05, 0) is 25.0 Å². The van der Waals surface area contributed by atoms with Crippen molar-refractivity contribution >= 4 is 24.1 Å². The third kappa shape index (κ3) is 4.78. The quantitative estimate of drug-likeness (QED) is 0.863. The summed E-state index contributed by atoms with van der Waals surface area (Å²) in [5.41, 5.74) is 6.12. The number of benzene rings is 1. The molecule has 1 saturated heterocycles. The largest absolute Gasteiger partial charge is 0.343 e. The van der Waals surface area contributed by atoms with E-state index in [1.165, 1.54) is 18.2 Å². The van der Waals surface area contributed by atoms with E-state index in [2.05, 4.69) is 0 Å². The van der Waals surface area contributed by atoms with E-state index in [9.17, 15) is 14.0 Å². The van der Waals surface area contributed by atoms with Crippen LogP contribution in [0.2, 0.25) is 0 Å². The Morgan fingerprint density at radius 3 is 2.59 bits per heavy atom. The first-order chi connectivity index (χ1) is 9.97. The van der Waals surface area contributed by atoms with E-state index in [-0.39, 0.29) is 36.6 Å². The van der Waals surface area contributed by atoms with Crippen molar-refractivity contribution < 1.29 is 14.0 Å². The van der Waals surface area contributed by atoms with Crippen molar-refractivity contribution in [1.82, 2.24) is 4.90 Å². The Labute approximate surface area is 136 Å². The van der Waals surface area contributed by atoms with E-state index < -0.39 is 11.7 Å².